The Balaban J connectivity index is 1.65. The van der Waals surface area contributed by atoms with E-state index in [0.717, 1.165) is 48.9 Å². The standard InChI is InChI=1S/C27H37FN2O3S/c1-5-34(32,33)17-14-22-8-9-24(18-25(22)28)21(4)26(31)11-10-23-7-6-20(3)29-27(23)30-15-12-19(2)13-16-30/h6-9,18-19,21H,5,10-17H2,1-4H3. The van der Waals surface area contributed by atoms with Gasteiger partial charge in [-0.3, -0.25) is 4.79 Å². The number of rotatable bonds is 10. The van der Waals surface area contributed by atoms with Crippen molar-refractivity contribution < 1.29 is 17.6 Å². The molecule has 0 N–H and O–H groups in total. The third-order valence-electron chi connectivity index (χ3n) is 7.00. The van der Waals surface area contributed by atoms with Crippen molar-refractivity contribution in [2.75, 3.05) is 29.5 Å². The van der Waals surface area contributed by atoms with Crippen molar-refractivity contribution in [1.82, 2.24) is 4.98 Å². The Labute approximate surface area is 203 Å². The topological polar surface area (TPSA) is 67.3 Å². The molecule has 1 aromatic carbocycles. The van der Waals surface area contributed by atoms with Gasteiger partial charge in [0.2, 0.25) is 0 Å². The molecule has 2 aromatic rings. The molecule has 0 amide bonds. The van der Waals surface area contributed by atoms with Crippen LogP contribution in [0.1, 0.15) is 68.3 Å². The number of sulfone groups is 1. The molecule has 1 fully saturated rings. The predicted molar refractivity (Wildman–Crippen MR) is 136 cm³/mol. The minimum Gasteiger partial charge on any atom is -0.356 e. The smallest absolute Gasteiger partial charge is 0.150 e. The molecule has 7 heteroatoms. The van der Waals surface area contributed by atoms with Crippen LogP contribution in [-0.4, -0.2) is 43.8 Å². The van der Waals surface area contributed by atoms with Gasteiger partial charge in [-0.15, -0.1) is 0 Å². The van der Waals surface area contributed by atoms with Crippen LogP contribution >= 0.6 is 0 Å². The molecule has 1 aliphatic heterocycles. The molecule has 186 valence electrons. The number of hydrogen-bond acceptors (Lipinski definition) is 5. The number of benzene rings is 1. The van der Waals surface area contributed by atoms with Crippen molar-refractivity contribution in [3.8, 4) is 0 Å². The number of piperidine rings is 1. The lowest BCUT2D eigenvalue weighted by Gasteiger charge is -2.32. The predicted octanol–water partition coefficient (Wildman–Crippen LogP) is 5.05. The summed E-state index contributed by atoms with van der Waals surface area (Å²) in [6, 6.07) is 8.80. The fourth-order valence-electron chi connectivity index (χ4n) is 4.37. The number of Topliss-reactive ketones (excluding diaryl/α,β-unsaturated/α-hetero) is 1. The highest BCUT2D eigenvalue weighted by atomic mass is 32.2. The van der Waals surface area contributed by atoms with Gasteiger partial charge in [0, 0.05) is 36.9 Å². The second kappa shape index (κ2) is 11.4. The average Bonchev–Trinajstić information content (AvgIpc) is 2.82. The quantitative estimate of drug-likeness (QED) is 0.468. The molecule has 0 saturated carbocycles. The molecule has 1 unspecified atom stereocenters. The summed E-state index contributed by atoms with van der Waals surface area (Å²) in [5, 5.41) is 0. The van der Waals surface area contributed by atoms with Gasteiger partial charge in [-0.2, -0.15) is 0 Å². The van der Waals surface area contributed by atoms with Crippen molar-refractivity contribution in [3.63, 3.8) is 0 Å². The maximum atomic E-state index is 14.6. The second-order valence-electron chi connectivity index (χ2n) is 9.63. The molecule has 1 aromatic heterocycles. The second-order valence-corrected chi connectivity index (χ2v) is 12.1. The van der Waals surface area contributed by atoms with Gasteiger partial charge in [0.25, 0.3) is 0 Å². The SMILES string of the molecule is CCS(=O)(=O)CCc1ccc(C(C)C(=O)CCc2ccc(C)nc2N2CCC(C)CC2)cc1F. The van der Waals surface area contributed by atoms with E-state index in [1.54, 1.807) is 26.0 Å². The van der Waals surface area contributed by atoms with Gasteiger partial charge in [-0.05, 0) is 67.3 Å². The zero-order valence-corrected chi connectivity index (χ0v) is 21.6. The van der Waals surface area contributed by atoms with E-state index < -0.39 is 21.6 Å². The highest BCUT2D eigenvalue weighted by Crippen LogP contribution is 2.27. The number of aromatic nitrogens is 1. The number of hydrogen-bond donors (Lipinski definition) is 0. The number of anilines is 1. The lowest BCUT2D eigenvalue weighted by atomic mass is 9.91. The van der Waals surface area contributed by atoms with E-state index in [1.807, 2.05) is 13.0 Å². The summed E-state index contributed by atoms with van der Waals surface area (Å²) in [7, 11) is -3.15. The van der Waals surface area contributed by atoms with Crippen molar-refractivity contribution in [1.29, 1.82) is 0 Å². The molecule has 0 spiro atoms. The van der Waals surface area contributed by atoms with Crippen molar-refractivity contribution >= 4 is 21.4 Å². The highest BCUT2D eigenvalue weighted by Gasteiger charge is 2.22. The minimum atomic E-state index is -3.15. The van der Waals surface area contributed by atoms with E-state index in [-0.39, 0.29) is 23.7 Å². The minimum absolute atomic E-state index is 0.0489. The molecule has 1 aliphatic rings. The Morgan fingerprint density at radius 2 is 1.82 bits per heavy atom. The lowest BCUT2D eigenvalue weighted by molar-refractivity contribution is -0.120. The average molecular weight is 489 g/mol. The van der Waals surface area contributed by atoms with Gasteiger partial charge < -0.3 is 4.90 Å². The summed E-state index contributed by atoms with van der Waals surface area (Å²) < 4.78 is 38.0. The number of aryl methyl sites for hydroxylation is 3. The van der Waals surface area contributed by atoms with Crippen LogP contribution in [0.4, 0.5) is 10.2 Å². The molecule has 1 atom stereocenters. The first-order chi connectivity index (χ1) is 16.1. The summed E-state index contributed by atoms with van der Waals surface area (Å²) in [4.78, 5) is 20.1. The molecule has 0 aliphatic carbocycles. The zero-order chi connectivity index (χ0) is 24.9. The fraction of sp³-hybridized carbons (Fsp3) is 0.556. The Morgan fingerprint density at radius 3 is 2.47 bits per heavy atom. The van der Waals surface area contributed by atoms with Crippen molar-refractivity contribution in [2.24, 2.45) is 5.92 Å². The zero-order valence-electron chi connectivity index (χ0n) is 20.8. The Bertz CT molecular complexity index is 1110. The third-order valence-corrected chi connectivity index (χ3v) is 8.71. The first-order valence-corrected chi connectivity index (χ1v) is 14.1. The van der Waals surface area contributed by atoms with E-state index in [0.29, 0.717) is 24.0 Å². The monoisotopic (exact) mass is 488 g/mol. The van der Waals surface area contributed by atoms with Gasteiger partial charge >= 0.3 is 0 Å². The number of pyridine rings is 1. The van der Waals surface area contributed by atoms with Crippen LogP contribution in [0.15, 0.2) is 30.3 Å². The lowest BCUT2D eigenvalue weighted by Crippen LogP contribution is -2.34. The van der Waals surface area contributed by atoms with E-state index in [4.69, 9.17) is 4.98 Å². The largest absolute Gasteiger partial charge is 0.356 e. The molecular weight excluding hydrogens is 451 g/mol. The van der Waals surface area contributed by atoms with E-state index >= 15 is 0 Å². The maximum Gasteiger partial charge on any atom is 0.150 e. The van der Waals surface area contributed by atoms with E-state index in [9.17, 15) is 17.6 Å². The number of carbonyl (C=O) groups is 1. The number of carbonyl (C=O) groups excluding carboxylic acids is 1. The third kappa shape index (κ3) is 6.87. The van der Waals surface area contributed by atoms with Crippen molar-refractivity contribution in [2.45, 2.75) is 65.7 Å². The molecule has 1 saturated heterocycles. The number of ketones is 1. The van der Waals surface area contributed by atoms with Crippen molar-refractivity contribution in [3.05, 3.63) is 58.5 Å². The highest BCUT2D eigenvalue weighted by molar-refractivity contribution is 7.91. The van der Waals surface area contributed by atoms with Crippen LogP contribution in [0.3, 0.4) is 0 Å². The van der Waals surface area contributed by atoms with Gasteiger partial charge in [-0.1, -0.05) is 39.0 Å². The molecular formula is C27H37FN2O3S. The van der Waals surface area contributed by atoms with Gasteiger partial charge in [0.15, 0.2) is 0 Å². The first kappa shape index (κ1) is 26.3. The van der Waals surface area contributed by atoms with Gasteiger partial charge in [-0.25, -0.2) is 17.8 Å². The van der Waals surface area contributed by atoms with Crippen LogP contribution in [0.2, 0.25) is 0 Å². The molecule has 2 heterocycles. The summed E-state index contributed by atoms with van der Waals surface area (Å²) in [6.07, 6.45) is 3.41. The van der Waals surface area contributed by atoms with Gasteiger partial charge in [0.1, 0.15) is 27.3 Å². The fourth-order valence-corrected chi connectivity index (χ4v) is 5.19. The maximum absolute atomic E-state index is 14.6. The van der Waals surface area contributed by atoms with Crippen LogP contribution in [0.5, 0.6) is 0 Å². The van der Waals surface area contributed by atoms with Crippen LogP contribution < -0.4 is 4.90 Å². The Hall–Kier alpha value is -2.28. The van der Waals surface area contributed by atoms with Crippen LogP contribution in [0.25, 0.3) is 0 Å². The molecule has 3 rings (SSSR count). The van der Waals surface area contributed by atoms with E-state index in [2.05, 4.69) is 17.9 Å². The Morgan fingerprint density at radius 1 is 1.15 bits per heavy atom. The number of halogens is 1. The summed E-state index contributed by atoms with van der Waals surface area (Å²) in [5.41, 5.74) is 3.04. The summed E-state index contributed by atoms with van der Waals surface area (Å²) in [6.45, 7) is 9.64. The molecule has 5 nitrogen and oxygen atoms in total. The molecule has 34 heavy (non-hydrogen) atoms. The molecule has 0 bridgehead atoms. The van der Waals surface area contributed by atoms with Crippen LogP contribution in [0, 0.1) is 18.7 Å². The number of nitrogens with zero attached hydrogens (tertiary/aromatic N) is 2. The van der Waals surface area contributed by atoms with Crippen LogP contribution in [-0.2, 0) is 27.5 Å². The summed E-state index contributed by atoms with van der Waals surface area (Å²) >= 11 is 0. The summed E-state index contributed by atoms with van der Waals surface area (Å²) in [5.74, 6) is 0.872. The van der Waals surface area contributed by atoms with Gasteiger partial charge in [0.05, 0.1) is 5.75 Å². The first-order valence-electron chi connectivity index (χ1n) is 12.3. The Kier molecular flexibility index (Phi) is 8.85. The van der Waals surface area contributed by atoms with E-state index in [1.165, 1.54) is 6.07 Å². The normalized spacial score (nSPS) is 16.0. The molecule has 0 radical (unpaired) electrons.